The molecule has 0 aliphatic carbocycles. The first kappa shape index (κ1) is 24.7. The van der Waals surface area contributed by atoms with Gasteiger partial charge in [-0.2, -0.15) is 0 Å². The summed E-state index contributed by atoms with van der Waals surface area (Å²) in [4.78, 5) is 31.8. The zero-order valence-electron chi connectivity index (χ0n) is 20.0. The van der Waals surface area contributed by atoms with E-state index < -0.39 is 10.0 Å². The zero-order valence-corrected chi connectivity index (χ0v) is 20.8. The van der Waals surface area contributed by atoms with Gasteiger partial charge in [-0.25, -0.2) is 8.42 Å². The molecule has 0 radical (unpaired) electrons. The van der Waals surface area contributed by atoms with Crippen LogP contribution in [0.3, 0.4) is 0 Å². The monoisotopic (exact) mass is 494 g/mol. The Balaban J connectivity index is 1.44. The van der Waals surface area contributed by atoms with Gasteiger partial charge >= 0.3 is 0 Å². The van der Waals surface area contributed by atoms with Crippen molar-refractivity contribution in [1.29, 1.82) is 0 Å². The lowest BCUT2D eigenvalue weighted by Crippen LogP contribution is -2.54. The molecule has 3 atom stereocenters. The Morgan fingerprint density at radius 3 is 2.59 bits per heavy atom. The predicted octanol–water partition coefficient (Wildman–Crippen LogP) is 0.993. The number of sulfonamides is 1. The number of nitrogens with one attached hydrogen (secondary N) is 1. The maximum Gasteiger partial charge on any atom is 0.257 e. The Morgan fingerprint density at radius 1 is 1.15 bits per heavy atom. The minimum absolute atomic E-state index is 0.0615. The van der Waals surface area contributed by atoms with Gasteiger partial charge in [-0.1, -0.05) is 0 Å². The zero-order chi connectivity index (χ0) is 24.5. The molecule has 2 saturated heterocycles. The summed E-state index contributed by atoms with van der Waals surface area (Å²) in [7, 11) is 0.328. The molecule has 3 heterocycles. The minimum atomic E-state index is -3.46. The SMILES string of the molecule is CCS(=O)(=O)Nc1ccc2c(c1)C(=O)N(C)[C@H]1CC[C@H](CC(=O)N3CCN(C)CC3)O[C@H]1CO2. The fourth-order valence-corrected chi connectivity index (χ4v) is 5.35. The third kappa shape index (κ3) is 5.47. The van der Waals surface area contributed by atoms with Gasteiger partial charge in [0, 0.05) is 38.9 Å². The molecule has 10 nitrogen and oxygen atoms in total. The van der Waals surface area contributed by atoms with Crippen LogP contribution < -0.4 is 9.46 Å². The molecule has 34 heavy (non-hydrogen) atoms. The van der Waals surface area contributed by atoms with Crippen LogP contribution in [0.15, 0.2) is 18.2 Å². The number of benzene rings is 1. The number of carbonyl (C=O) groups excluding carboxylic acids is 2. The molecule has 0 bridgehead atoms. The maximum atomic E-state index is 13.3. The molecule has 1 aromatic rings. The second-order valence-electron chi connectivity index (χ2n) is 9.27. The van der Waals surface area contributed by atoms with Crippen molar-refractivity contribution in [3.8, 4) is 5.75 Å². The number of rotatable bonds is 5. The molecule has 0 spiro atoms. The van der Waals surface area contributed by atoms with Crippen molar-refractivity contribution in [2.75, 3.05) is 57.4 Å². The van der Waals surface area contributed by atoms with Crippen molar-refractivity contribution >= 4 is 27.5 Å². The number of nitrogens with zero attached hydrogens (tertiary/aromatic N) is 3. The van der Waals surface area contributed by atoms with Crippen LogP contribution in [0.25, 0.3) is 0 Å². The highest BCUT2D eigenvalue weighted by Gasteiger charge is 2.39. The van der Waals surface area contributed by atoms with Crippen LogP contribution in [-0.4, -0.2) is 106 Å². The number of likely N-dealkylation sites (N-methyl/N-ethyl adjacent to an activating group) is 2. The Labute approximate surface area is 201 Å². The number of amides is 2. The van der Waals surface area contributed by atoms with Crippen LogP contribution in [0, 0.1) is 0 Å². The van der Waals surface area contributed by atoms with E-state index in [0.29, 0.717) is 36.3 Å². The number of ether oxygens (including phenoxy) is 2. The van der Waals surface area contributed by atoms with Crippen LogP contribution in [0.4, 0.5) is 5.69 Å². The highest BCUT2D eigenvalue weighted by Crippen LogP contribution is 2.33. The second-order valence-corrected chi connectivity index (χ2v) is 11.3. The molecule has 2 amide bonds. The Hall–Kier alpha value is -2.37. The smallest absolute Gasteiger partial charge is 0.257 e. The van der Waals surface area contributed by atoms with Gasteiger partial charge in [-0.15, -0.1) is 0 Å². The van der Waals surface area contributed by atoms with E-state index in [1.54, 1.807) is 31.0 Å². The number of hydrogen-bond acceptors (Lipinski definition) is 7. The van der Waals surface area contributed by atoms with Crippen LogP contribution in [-0.2, 0) is 19.6 Å². The largest absolute Gasteiger partial charge is 0.490 e. The summed E-state index contributed by atoms with van der Waals surface area (Å²) < 4.78 is 38.6. The van der Waals surface area contributed by atoms with E-state index in [9.17, 15) is 18.0 Å². The number of piperazine rings is 1. The maximum absolute atomic E-state index is 13.3. The number of fused-ring (bicyclic) bond motifs is 2. The molecule has 3 aliphatic heterocycles. The summed E-state index contributed by atoms with van der Waals surface area (Å²) in [5, 5.41) is 0. The molecule has 11 heteroatoms. The minimum Gasteiger partial charge on any atom is -0.490 e. The lowest BCUT2D eigenvalue weighted by molar-refractivity contribution is -0.144. The first-order valence-corrected chi connectivity index (χ1v) is 13.5. The van der Waals surface area contributed by atoms with E-state index in [2.05, 4.69) is 16.7 Å². The first-order valence-electron chi connectivity index (χ1n) is 11.8. The molecule has 188 valence electrons. The fourth-order valence-electron chi connectivity index (χ4n) is 4.72. The van der Waals surface area contributed by atoms with Crippen molar-refractivity contribution < 1.29 is 27.5 Å². The summed E-state index contributed by atoms with van der Waals surface area (Å²) in [5.41, 5.74) is 0.634. The van der Waals surface area contributed by atoms with Crippen molar-refractivity contribution in [3.05, 3.63) is 23.8 Å². The van der Waals surface area contributed by atoms with E-state index in [1.165, 1.54) is 6.07 Å². The van der Waals surface area contributed by atoms with Crippen LogP contribution >= 0.6 is 0 Å². The third-order valence-electron chi connectivity index (χ3n) is 6.92. The molecular formula is C23H34N4O6S. The van der Waals surface area contributed by atoms with Gasteiger partial charge in [0.05, 0.1) is 29.9 Å². The summed E-state index contributed by atoms with van der Waals surface area (Å²) in [6, 6.07) is 4.51. The highest BCUT2D eigenvalue weighted by molar-refractivity contribution is 7.92. The van der Waals surface area contributed by atoms with Crippen molar-refractivity contribution in [2.45, 2.75) is 44.4 Å². The molecule has 0 aromatic heterocycles. The van der Waals surface area contributed by atoms with Crippen LogP contribution in [0.1, 0.15) is 36.5 Å². The first-order chi connectivity index (χ1) is 16.2. The van der Waals surface area contributed by atoms with E-state index in [4.69, 9.17) is 9.47 Å². The molecule has 1 aromatic carbocycles. The predicted molar refractivity (Wildman–Crippen MR) is 127 cm³/mol. The second kappa shape index (κ2) is 10.1. The van der Waals surface area contributed by atoms with Gasteiger partial charge in [0.25, 0.3) is 5.91 Å². The summed E-state index contributed by atoms with van der Waals surface area (Å²) >= 11 is 0. The quantitative estimate of drug-likeness (QED) is 0.650. The van der Waals surface area contributed by atoms with E-state index >= 15 is 0 Å². The molecule has 4 rings (SSSR count). The molecule has 2 fully saturated rings. The van der Waals surface area contributed by atoms with Crippen molar-refractivity contribution in [3.63, 3.8) is 0 Å². The van der Waals surface area contributed by atoms with Gasteiger partial charge < -0.3 is 24.2 Å². The molecular weight excluding hydrogens is 460 g/mol. The Bertz CT molecular complexity index is 1020. The van der Waals surface area contributed by atoms with Crippen LogP contribution in [0.5, 0.6) is 5.75 Å². The molecule has 0 unspecified atom stereocenters. The third-order valence-corrected chi connectivity index (χ3v) is 8.23. The van der Waals surface area contributed by atoms with E-state index in [-0.39, 0.29) is 42.4 Å². The van der Waals surface area contributed by atoms with Crippen LogP contribution in [0.2, 0.25) is 0 Å². The lowest BCUT2D eigenvalue weighted by Gasteiger charge is -2.42. The standard InChI is InChI=1S/C23H34N4O6S/c1-4-34(30,31)24-16-5-8-20-18(13-16)23(29)26(3)19-7-6-17(33-21(19)15-32-20)14-22(28)27-11-9-25(2)10-12-27/h5,8,13,17,19,21,24H,4,6-7,9-12,14-15H2,1-3H3/t17-,19+,21+/m1/s1. The molecule has 3 aliphatic rings. The Morgan fingerprint density at radius 2 is 1.88 bits per heavy atom. The topological polar surface area (TPSA) is 108 Å². The molecule has 1 N–H and O–H groups in total. The molecule has 0 saturated carbocycles. The van der Waals surface area contributed by atoms with E-state index in [0.717, 1.165) is 26.2 Å². The average Bonchev–Trinajstić information content (AvgIpc) is 2.82. The van der Waals surface area contributed by atoms with Crippen molar-refractivity contribution in [1.82, 2.24) is 14.7 Å². The van der Waals surface area contributed by atoms with Gasteiger partial charge in [-0.05, 0) is 45.0 Å². The number of anilines is 1. The summed E-state index contributed by atoms with van der Waals surface area (Å²) in [6.45, 7) is 5.03. The summed E-state index contributed by atoms with van der Waals surface area (Å²) in [6.07, 6.45) is 1.17. The number of carbonyl (C=O) groups is 2. The van der Waals surface area contributed by atoms with Gasteiger partial charge in [0.1, 0.15) is 18.5 Å². The normalized spacial score (nSPS) is 26.1. The van der Waals surface area contributed by atoms with E-state index in [1.807, 2.05) is 4.90 Å². The van der Waals surface area contributed by atoms with Gasteiger partial charge in [0.2, 0.25) is 15.9 Å². The van der Waals surface area contributed by atoms with Crippen molar-refractivity contribution in [2.24, 2.45) is 0 Å². The average molecular weight is 495 g/mol. The lowest BCUT2D eigenvalue weighted by atomic mass is 9.94. The summed E-state index contributed by atoms with van der Waals surface area (Å²) in [5.74, 6) is 0.181. The highest BCUT2D eigenvalue weighted by atomic mass is 32.2. The number of hydrogen-bond donors (Lipinski definition) is 1. The van der Waals surface area contributed by atoms with Gasteiger partial charge in [0.15, 0.2) is 0 Å². The fraction of sp³-hybridized carbons (Fsp3) is 0.652. The van der Waals surface area contributed by atoms with Gasteiger partial charge in [-0.3, -0.25) is 14.3 Å². The Kier molecular flexibility index (Phi) is 7.34.